The normalized spacial score (nSPS) is 42.0. The van der Waals surface area contributed by atoms with Crippen LogP contribution in [-0.2, 0) is 14.3 Å². The van der Waals surface area contributed by atoms with E-state index >= 15 is 0 Å². The number of aliphatic hydroxyl groups excluding tert-OH is 1. The molecule has 0 aromatic rings. The highest BCUT2D eigenvalue weighted by molar-refractivity contribution is 5.82. The number of nitriles is 1. The Labute approximate surface area is 255 Å². The molecule has 4 saturated carbocycles. The minimum atomic E-state index is -0.684. The fraction of sp³-hybridized carbons (Fsp3) is 0.861. The summed E-state index contributed by atoms with van der Waals surface area (Å²) in [5.74, 6) is 1.39. The van der Waals surface area contributed by atoms with Crippen LogP contribution in [0, 0.1) is 73.9 Å². The number of carbonyl (C=O) groups is 2. The standard InChI is InChI=1S/C36H58N2O4/c1-22(2)24-13-16-36(31(41)42-10)18-17-34(8)25(29(24)36)11-12-28-33(7,19-20-37)27(14-15-35(28,34)9)32(5,6)30(40)38-26(21-39)23(3)4/h23-29,39H,1,11-19,21H2,2-10H3,(H,38,40)/t24-,25?,26+,27?,28?,29?,33-,34+,35+,36?/m0/s1. The van der Waals surface area contributed by atoms with Gasteiger partial charge in [-0.05, 0) is 110 Å². The van der Waals surface area contributed by atoms with Crippen LogP contribution in [-0.4, -0.2) is 36.7 Å². The number of carbonyl (C=O) groups excluding carboxylic acids is 2. The van der Waals surface area contributed by atoms with Crippen molar-refractivity contribution >= 4 is 11.9 Å². The molecule has 1 amide bonds. The Kier molecular flexibility index (Phi) is 8.84. The predicted octanol–water partition coefficient (Wildman–Crippen LogP) is 7.07. The number of allylic oxidation sites excluding steroid dienone is 1. The third-order valence-corrected chi connectivity index (χ3v) is 14.2. The highest BCUT2D eigenvalue weighted by Gasteiger charge is 2.71. The van der Waals surface area contributed by atoms with Crippen LogP contribution in [0.4, 0.5) is 0 Å². The van der Waals surface area contributed by atoms with E-state index in [1.807, 2.05) is 13.8 Å². The maximum Gasteiger partial charge on any atom is 0.312 e. The lowest BCUT2D eigenvalue weighted by Crippen LogP contribution is -2.66. The van der Waals surface area contributed by atoms with E-state index in [4.69, 9.17) is 4.74 Å². The molecule has 0 bridgehead atoms. The molecular formula is C36H58N2O4. The molecule has 0 aromatic carbocycles. The van der Waals surface area contributed by atoms with Gasteiger partial charge >= 0.3 is 5.97 Å². The van der Waals surface area contributed by atoms with Crippen LogP contribution < -0.4 is 5.32 Å². The minimum absolute atomic E-state index is 0.0133. The lowest BCUT2D eigenvalue weighted by molar-refractivity contribution is -0.229. The fourth-order valence-electron chi connectivity index (χ4n) is 11.6. The number of amides is 1. The zero-order valence-electron chi connectivity index (χ0n) is 27.9. The molecule has 42 heavy (non-hydrogen) atoms. The molecule has 10 atom stereocenters. The minimum Gasteiger partial charge on any atom is -0.469 e. The van der Waals surface area contributed by atoms with Gasteiger partial charge in [0, 0.05) is 11.8 Å². The maximum atomic E-state index is 13.9. The number of hydrogen-bond donors (Lipinski definition) is 2. The van der Waals surface area contributed by atoms with Crippen LogP contribution in [0.1, 0.15) is 113 Å². The van der Waals surface area contributed by atoms with Crippen molar-refractivity contribution in [3.8, 4) is 6.07 Å². The molecule has 4 rings (SSSR count). The van der Waals surface area contributed by atoms with Crippen molar-refractivity contribution in [2.75, 3.05) is 13.7 Å². The molecule has 0 radical (unpaired) electrons. The Bertz CT molecular complexity index is 1120. The monoisotopic (exact) mass is 582 g/mol. The predicted molar refractivity (Wildman–Crippen MR) is 166 cm³/mol. The molecule has 0 spiro atoms. The Morgan fingerprint density at radius 1 is 1.07 bits per heavy atom. The smallest absolute Gasteiger partial charge is 0.312 e. The molecular weight excluding hydrogens is 524 g/mol. The second-order valence-corrected chi connectivity index (χ2v) is 16.4. The van der Waals surface area contributed by atoms with Gasteiger partial charge in [0.15, 0.2) is 0 Å². The number of ether oxygens (including phenoxy) is 1. The first kappa shape index (κ1) is 33.0. The Morgan fingerprint density at radius 3 is 2.29 bits per heavy atom. The Hall–Kier alpha value is -1.87. The van der Waals surface area contributed by atoms with Crippen LogP contribution in [0.3, 0.4) is 0 Å². The van der Waals surface area contributed by atoms with Gasteiger partial charge in [-0.15, -0.1) is 0 Å². The molecule has 0 heterocycles. The molecule has 236 valence electrons. The lowest BCUT2D eigenvalue weighted by Gasteiger charge is -2.71. The first-order valence-corrected chi connectivity index (χ1v) is 16.5. The number of esters is 1. The summed E-state index contributed by atoms with van der Waals surface area (Å²) in [5.41, 5.74) is -0.237. The average molecular weight is 583 g/mol. The van der Waals surface area contributed by atoms with Crippen LogP contribution in [0.25, 0.3) is 0 Å². The number of fused-ring (bicyclic) bond motifs is 5. The van der Waals surface area contributed by atoms with Crippen molar-refractivity contribution in [1.29, 1.82) is 5.26 Å². The second kappa shape index (κ2) is 11.2. The first-order chi connectivity index (χ1) is 19.5. The summed E-state index contributed by atoms with van der Waals surface area (Å²) in [6, 6.07) is 2.28. The van der Waals surface area contributed by atoms with Crippen molar-refractivity contribution in [3.05, 3.63) is 12.2 Å². The van der Waals surface area contributed by atoms with Crippen molar-refractivity contribution < 1.29 is 19.4 Å². The van der Waals surface area contributed by atoms with E-state index in [1.54, 1.807) is 7.11 Å². The SMILES string of the molecule is C=C(C)[C@@H]1CCC2(C(=O)OC)CC[C@]3(C)C(CCC4[C@@](C)(CC#N)C(C(C)(C)C(=O)N[C@H](CO)C(C)C)CC[C@]43C)C12. The number of methoxy groups -OCH3 is 1. The summed E-state index contributed by atoms with van der Waals surface area (Å²) >= 11 is 0. The number of aliphatic hydroxyl groups is 1. The van der Waals surface area contributed by atoms with E-state index in [-0.39, 0.29) is 58.5 Å². The van der Waals surface area contributed by atoms with Crippen molar-refractivity contribution in [2.45, 2.75) is 119 Å². The average Bonchev–Trinajstić information content (AvgIpc) is 3.32. The summed E-state index contributed by atoms with van der Waals surface area (Å²) < 4.78 is 5.50. The van der Waals surface area contributed by atoms with Gasteiger partial charge in [-0.3, -0.25) is 9.59 Å². The lowest BCUT2D eigenvalue weighted by atomic mass is 9.33. The first-order valence-electron chi connectivity index (χ1n) is 16.5. The van der Waals surface area contributed by atoms with Gasteiger partial charge in [0.25, 0.3) is 0 Å². The molecule has 0 aliphatic heterocycles. The molecule has 2 N–H and O–H groups in total. The Balaban J connectivity index is 1.74. The number of nitrogens with zero attached hydrogens (tertiary/aromatic N) is 1. The maximum absolute atomic E-state index is 13.9. The van der Waals surface area contributed by atoms with Gasteiger partial charge in [0.05, 0.1) is 31.2 Å². The van der Waals surface area contributed by atoms with Crippen LogP contribution in [0.15, 0.2) is 12.2 Å². The van der Waals surface area contributed by atoms with E-state index in [0.717, 1.165) is 51.4 Å². The summed E-state index contributed by atoms with van der Waals surface area (Å²) in [4.78, 5) is 27.3. The third kappa shape index (κ3) is 4.58. The summed E-state index contributed by atoms with van der Waals surface area (Å²) in [7, 11) is 1.55. The van der Waals surface area contributed by atoms with E-state index in [1.165, 1.54) is 5.57 Å². The summed E-state index contributed by atoms with van der Waals surface area (Å²) in [6.45, 7) is 21.9. The number of nitrogens with one attached hydrogen (secondary N) is 1. The summed E-state index contributed by atoms with van der Waals surface area (Å²) in [5, 5.41) is 23.3. The fourth-order valence-corrected chi connectivity index (χ4v) is 11.6. The van der Waals surface area contributed by atoms with Gasteiger partial charge in [0.1, 0.15) is 0 Å². The zero-order chi connectivity index (χ0) is 31.5. The number of rotatable bonds is 8. The zero-order valence-corrected chi connectivity index (χ0v) is 27.9. The largest absolute Gasteiger partial charge is 0.469 e. The van der Waals surface area contributed by atoms with Gasteiger partial charge in [-0.1, -0.05) is 60.6 Å². The van der Waals surface area contributed by atoms with Gasteiger partial charge < -0.3 is 15.2 Å². The quantitative estimate of drug-likeness (QED) is 0.236. The summed E-state index contributed by atoms with van der Waals surface area (Å²) in [6.07, 6.45) is 8.09. The molecule has 4 aliphatic carbocycles. The molecule has 5 unspecified atom stereocenters. The van der Waals surface area contributed by atoms with Crippen LogP contribution in [0.5, 0.6) is 0 Å². The van der Waals surface area contributed by atoms with E-state index in [2.05, 4.69) is 59.5 Å². The number of hydrogen-bond acceptors (Lipinski definition) is 5. The molecule has 4 fully saturated rings. The van der Waals surface area contributed by atoms with Gasteiger partial charge in [-0.25, -0.2) is 0 Å². The van der Waals surface area contributed by atoms with Gasteiger partial charge in [-0.2, -0.15) is 5.26 Å². The van der Waals surface area contributed by atoms with Crippen LogP contribution in [0.2, 0.25) is 0 Å². The molecule has 0 saturated heterocycles. The van der Waals surface area contributed by atoms with Crippen molar-refractivity contribution in [1.82, 2.24) is 5.32 Å². The molecule has 6 heteroatoms. The van der Waals surface area contributed by atoms with Crippen molar-refractivity contribution in [2.24, 2.45) is 62.6 Å². The Morgan fingerprint density at radius 2 is 1.74 bits per heavy atom. The van der Waals surface area contributed by atoms with Gasteiger partial charge in [0.2, 0.25) is 5.91 Å². The van der Waals surface area contributed by atoms with E-state index < -0.39 is 10.8 Å². The highest BCUT2D eigenvalue weighted by atomic mass is 16.5. The van der Waals surface area contributed by atoms with Crippen LogP contribution >= 0.6 is 0 Å². The third-order valence-electron chi connectivity index (χ3n) is 14.2. The van der Waals surface area contributed by atoms with Crippen molar-refractivity contribution in [3.63, 3.8) is 0 Å². The molecule has 0 aromatic heterocycles. The van der Waals surface area contributed by atoms with E-state index in [0.29, 0.717) is 24.2 Å². The highest BCUT2D eigenvalue weighted by Crippen LogP contribution is 2.76. The second-order valence-electron chi connectivity index (χ2n) is 16.4. The topological polar surface area (TPSA) is 99.4 Å². The van der Waals surface area contributed by atoms with E-state index in [9.17, 15) is 20.0 Å². The molecule has 4 aliphatic rings. The molecule has 6 nitrogen and oxygen atoms in total.